The van der Waals surface area contributed by atoms with E-state index in [1.54, 1.807) is 7.11 Å². The summed E-state index contributed by atoms with van der Waals surface area (Å²) < 4.78 is 5.16. The largest absolute Gasteiger partial charge is 0.495 e. The monoisotopic (exact) mass is 277 g/mol. The summed E-state index contributed by atoms with van der Waals surface area (Å²) in [5.41, 5.74) is 13.0. The number of anilines is 1. The molecule has 1 aliphatic rings. The molecule has 1 fully saturated rings. The number of ether oxygens (including phenoxy) is 1. The molecule has 5 heteroatoms. The van der Waals surface area contributed by atoms with Crippen molar-refractivity contribution in [2.24, 2.45) is 5.73 Å². The minimum absolute atomic E-state index is 0.279. The average molecular weight is 277 g/mol. The molecule has 0 radical (unpaired) electrons. The molecule has 0 bridgehead atoms. The van der Waals surface area contributed by atoms with Gasteiger partial charge < -0.3 is 16.2 Å². The van der Waals surface area contributed by atoms with E-state index in [0.29, 0.717) is 30.6 Å². The highest BCUT2D eigenvalue weighted by molar-refractivity contribution is 5.76. The number of nitrogen functional groups attached to an aromatic ring is 1. The fourth-order valence-corrected chi connectivity index (χ4v) is 2.90. The topological polar surface area (TPSA) is 81.6 Å². The third kappa shape index (κ3) is 3.63. The third-order valence-electron chi connectivity index (χ3n) is 3.88. The quantitative estimate of drug-likeness (QED) is 0.772. The summed E-state index contributed by atoms with van der Waals surface area (Å²) in [5, 5.41) is 0. The van der Waals surface area contributed by atoms with Gasteiger partial charge in [-0.05, 0) is 30.5 Å². The molecule has 1 saturated carbocycles. The maximum atomic E-state index is 11.3. The molecule has 20 heavy (non-hydrogen) atoms. The molecule has 110 valence electrons. The second kappa shape index (κ2) is 6.61. The standard InChI is InChI=1S/C15H23N3O2/c1-20-14-7-6-11(8-13(14)16)9-18(10-15(17)19)12-4-2-3-5-12/h6-8,12H,2-5,9-10,16H2,1H3,(H2,17,19). The lowest BCUT2D eigenvalue weighted by molar-refractivity contribution is -0.119. The molecule has 1 aliphatic carbocycles. The lowest BCUT2D eigenvalue weighted by Crippen LogP contribution is -2.39. The zero-order valence-electron chi connectivity index (χ0n) is 12.0. The van der Waals surface area contributed by atoms with Crippen molar-refractivity contribution in [1.29, 1.82) is 0 Å². The van der Waals surface area contributed by atoms with Crippen LogP contribution in [0.4, 0.5) is 5.69 Å². The molecule has 1 aromatic carbocycles. The summed E-state index contributed by atoms with van der Waals surface area (Å²) in [7, 11) is 1.60. The number of nitrogens with two attached hydrogens (primary N) is 2. The van der Waals surface area contributed by atoms with Crippen molar-refractivity contribution in [3.63, 3.8) is 0 Å². The smallest absolute Gasteiger partial charge is 0.231 e. The SMILES string of the molecule is COc1ccc(CN(CC(N)=O)C2CCCC2)cc1N. The Kier molecular flexibility index (Phi) is 4.84. The van der Waals surface area contributed by atoms with Crippen LogP contribution in [0.3, 0.4) is 0 Å². The number of benzene rings is 1. The van der Waals surface area contributed by atoms with Crippen molar-refractivity contribution in [3.8, 4) is 5.75 Å². The number of carbonyl (C=O) groups is 1. The molecule has 0 unspecified atom stereocenters. The van der Waals surface area contributed by atoms with E-state index in [0.717, 1.165) is 18.4 Å². The van der Waals surface area contributed by atoms with Crippen molar-refractivity contribution in [3.05, 3.63) is 23.8 Å². The number of carbonyl (C=O) groups excluding carboxylic acids is 1. The molecule has 0 aromatic heterocycles. The van der Waals surface area contributed by atoms with Crippen LogP contribution in [0.1, 0.15) is 31.2 Å². The predicted molar refractivity (Wildman–Crippen MR) is 79.3 cm³/mol. The fourth-order valence-electron chi connectivity index (χ4n) is 2.90. The predicted octanol–water partition coefficient (Wildman–Crippen LogP) is 1.51. The Morgan fingerprint density at radius 1 is 1.40 bits per heavy atom. The van der Waals surface area contributed by atoms with Gasteiger partial charge in [-0.2, -0.15) is 0 Å². The summed E-state index contributed by atoms with van der Waals surface area (Å²) in [6, 6.07) is 6.20. The van der Waals surface area contributed by atoms with Crippen LogP contribution in [0.25, 0.3) is 0 Å². The van der Waals surface area contributed by atoms with Gasteiger partial charge in [0.25, 0.3) is 0 Å². The molecule has 0 saturated heterocycles. The molecule has 1 amide bonds. The molecular weight excluding hydrogens is 254 g/mol. The first-order valence-corrected chi connectivity index (χ1v) is 7.05. The van der Waals surface area contributed by atoms with Crippen molar-refractivity contribution < 1.29 is 9.53 Å². The van der Waals surface area contributed by atoms with Crippen LogP contribution in [-0.4, -0.2) is 30.5 Å². The van der Waals surface area contributed by atoms with Crippen LogP contribution in [0, 0.1) is 0 Å². The molecule has 0 heterocycles. The Morgan fingerprint density at radius 2 is 2.10 bits per heavy atom. The summed E-state index contributed by atoms with van der Waals surface area (Å²) in [4.78, 5) is 13.4. The Morgan fingerprint density at radius 3 is 2.65 bits per heavy atom. The third-order valence-corrected chi connectivity index (χ3v) is 3.88. The van der Waals surface area contributed by atoms with Crippen LogP contribution in [0.5, 0.6) is 5.75 Å². The van der Waals surface area contributed by atoms with E-state index in [-0.39, 0.29) is 5.91 Å². The molecular formula is C15H23N3O2. The van der Waals surface area contributed by atoms with E-state index >= 15 is 0 Å². The molecule has 2 rings (SSSR count). The number of hydrogen-bond donors (Lipinski definition) is 2. The Labute approximate surface area is 119 Å². The van der Waals surface area contributed by atoms with Gasteiger partial charge in [-0.25, -0.2) is 0 Å². The van der Waals surface area contributed by atoms with E-state index in [1.807, 2.05) is 18.2 Å². The minimum atomic E-state index is -0.279. The molecule has 5 nitrogen and oxygen atoms in total. The summed E-state index contributed by atoms with van der Waals surface area (Å²) in [6.45, 7) is 0.998. The highest BCUT2D eigenvalue weighted by atomic mass is 16.5. The highest BCUT2D eigenvalue weighted by Crippen LogP contribution is 2.27. The minimum Gasteiger partial charge on any atom is -0.495 e. The number of rotatable bonds is 6. The lowest BCUT2D eigenvalue weighted by Gasteiger charge is -2.27. The number of methoxy groups -OCH3 is 1. The second-order valence-electron chi connectivity index (χ2n) is 5.39. The summed E-state index contributed by atoms with van der Waals surface area (Å²) >= 11 is 0. The normalized spacial score (nSPS) is 15.7. The van der Waals surface area contributed by atoms with Crippen molar-refractivity contribution in [2.45, 2.75) is 38.3 Å². The number of primary amides is 1. The highest BCUT2D eigenvalue weighted by Gasteiger charge is 2.23. The van der Waals surface area contributed by atoms with Gasteiger partial charge in [0.15, 0.2) is 0 Å². The summed E-state index contributed by atoms with van der Waals surface area (Å²) in [6.07, 6.45) is 4.73. The van der Waals surface area contributed by atoms with Gasteiger partial charge in [0.05, 0.1) is 19.3 Å². The molecule has 0 atom stereocenters. The van der Waals surface area contributed by atoms with Gasteiger partial charge in [0, 0.05) is 12.6 Å². The van der Waals surface area contributed by atoms with Crippen LogP contribution in [0.2, 0.25) is 0 Å². The summed E-state index contributed by atoms with van der Waals surface area (Å²) in [5.74, 6) is 0.398. The van der Waals surface area contributed by atoms with Gasteiger partial charge in [-0.3, -0.25) is 9.69 Å². The molecule has 4 N–H and O–H groups in total. The van der Waals surface area contributed by atoms with E-state index < -0.39 is 0 Å². The van der Waals surface area contributed by atoms with E-state index in [9.17, 15) is 4.79 Å². The Bertz CT molecular complexity index is 470. The number of nitrogens with zero attached hydrogens (tertiary/aromatic N) is 1. The van der Waals surface area contributed by atoms with Gasteiger partial charge in [-0.1, -0.05) is 18.9 Å². The van der Waals surface area contributed by atoms with E-state index in [1.165, 1.54) is 12.8 Å². The second-order valence-corrected chi connectivity index (χ2v) is 5.39. The molecule has 0 aliphatic heterocycles. The van der Waals surface area contributed by atoms with E-state index in [4.69, 9.17) is 16.2 Å². The van der Waals surface area contributed by atoms with Crippen LogP contribution in [-0.2, 0) is 11.3 Å². The molecule has 0 spiro atoms. The van der Waals surface area contributed by atoms with Crippen LogP contribution < -0.4 is 16.2 Å². The first kappa shape index (κ1) is 14.7. The Hall–Kier alpha value is -1.75. The first-order chi connectivity index (χ1) is 9.60. The number of hydrogen-bond acceptors (Lipinski definition) is 4. The van der Waals surface area contributed by atoms with Gasteiger partial charge in [-0.15, -0.1) is 0 Å². The van der Waals surface area contributed by atoms with Crippen molar-refractivity contribution >= 4 is 11.6 Å². The van der Waals surface area contributed by atoms with Gasteiger partial charge in [0.2, 0.25) is 5.91 Å². The lowest BCUT2D eigenvalue weighted by atomic mass is 10.1. The first-order valence-electron chi connectivity index (χ1n) is 7.05. The average Bonchev–Trinajstić information content (AvgIpc) is 2.91. The van der Waals surface area contributed by atoms with Crippen LogP contribution >= 0.6 is 0 Å². The van der Waals surface area contributed by atoms with E-state index in [2.05, 4.69) is 4.90 Å². The zero-order chi connectivity index (χ0) is 14.5. The number of amides is 1. The van der Waals surface area contributed by atoms with Crippen LogP contribution in [0.15, 0.2) is 18.2 Å². The van der Waals surface area contributed by atoms with Crippen molar-refractivity contribution in [2.75, 3.05) is 19.4 Å². The maximum absolute atomic E-state index is 11.3. The van der Waals surface area contributed by atoms with Gasteiger partial charge >= 0.3 is 0 Å². The zero-order valence-corrected chi connectivity index (χ0v) is 12.0. The maximum Gasteiger partial charge on any atom is 0.231 e. The van der Waals surface area contributed by atoms with Gasteiger partial charge in [0.1, 0.15) is 5.75 Å². The Balaban J connectivity index is 2.10. The fraction of sp³-hybridized carbons (Fsp3) is 0.533. The van der Waals surface area contributed by atoms with Crippen molar-refractivity contribution in [1.82, 2.24) is 4.90 Å². The molecule has 1 aromatic rings.